The second kappa shape index (κ2) is 11.4. The van der Waals surface area contributed by atoms with Gasteiger partial charge in [0, 0.05) is 0 Å². The van der Waals surface area contributed by atoms with E-state index in [4.69, 9.17) is 0 Å². The van der Waals surface area contributed by atoms with Crippen molar-refractivity contribution in [1.82, 2.24) is 0 Å². The molecular weight excluding hydrogens is 192 g/mol. The van der Waals surface area contributed by atoms with E-state index < -0.39 is 5.91 Å². The molecule has 0 unspecified atom stereocenters. The lowest BCUT2D eigenvalue weighted by Crippen LogP contribution is -3.00. The van der Waals surface area contributed by atoms with Crippen molar-refractivity contribution in [3.05, 3.63) is 12.7 Å². The smallest absolute Gasteiger partial charge is 0.240 e. The molecule has 0 saturated carbocycles. The number of nitrogens with zero attached hydrogens (tertiary/aromatic N) is 1. The van der Waals surface area contributed by atoms with Gasteiger partial charge in [-0.2, -0.15) is 0 Å². The Morgan fingerprint density at radius 1 is 1.46 bits per heavy atom. The maximum Gasteiger partial charge on any atom is 0.240 e. The van der Waals surface area contributed by atoms with Gasteiger partial charge in [0.15, 0.2) is 0 Å². The fraction of sp³-hybridized carbons (Fsp3) is 0.625. The highest BCUT2D eigenvalue weighted by Gasteiger charge is 1.97. The Labute approximate surface area is 86.7 Å². The van der Waals surface area contributed by atoms with Gasteiger partial charge >= 0.3 is 0 Å². The molecule has 4 nitrogen and oxygen atoms in total. The average molecular weight is 213 g/mol. The van der Waals surface area contributed by atoms with Crippen LogP contribution in [0.1, 0.15) is 6.92 Å². The van der Waals surface area contributed by atoms with Crippen molar-refractivity contribution in [2.75, 3.05) is 27.7 Å². The molecule has 0 spiro atoms. The van der Waals surface area contributed by atoms with E-state index in [0.29, 0.717) is 0 Å². The number of hydrogen-bond donors (Lipinski definition) is 1. The number of carbonyl (C=O) groups excluding carboxylic acids is 1. The zero-order chi connectivity index (χ0) is 9.49. The number of nitrogens with two attached hydrogens (primary N) is 1. The van der Waals surface area contributed by atoms with Crippen molar-refractivity contribution in [2.24, 2.45) is 5.73 Å². The Bertz CT molecular complexity index is 133. The molecule has 0 aliphatic heterocycles. The van der Waals surface area contributed by atoms with Crippen LogP contribution in [-0.4, -0.2) is 43.6 Å². The fourth-order valence-electron chi connectivity index (χ4n) is 0. The number of halogens is 1. The maximum atomic E-state index is 9.47. The molecule has 0 aliphatic carbocycles. The second-order valence-corrected chi connectivity index (χ2v) is 3.21. The predicted molar refractivity (Wildman–Crippen MR) is 51.6 cm³/mol. The molecule has 82 valence electrons. The highest BCUT2D eigenvalue weighted by Crippen LogP contribution is 1.83. The summed E-state index contributed by atoms with van der Waals surface area (Å²) in [5.74, 6) is -0.481. The summed E-state index contributed by atoms with van der Waals surface area (Å²) in [6.07, 6.45) is 1.06. The van der Waals surface area contributed by atoms with Crippen LogP contribution in [0.4, 0.5) is 0 Å². The number of primary amides is 1. The molecule has 0 atom stereocenters. The first-order valence-electron chi connectivity index (χ1n) is 3.55. The van der Waals surface area contributed by atoms with Crippen LogP contribution in [-0.2, 0) is 4.79 Å². The van der Waals surface area contributed by atoms with Crippen LogP contribution >= 0.6 is 0 Å². The summed E-state index contributed by atoms with van der Waals surface area (Å²) in [5, 5.41) is 0. The van der Waals surface area contributed by atoms with E-state index in [1.54, 1.807) is 0 Å². The summed E-state index contributed by atoms with van der Waals surface area (Å²) in [6, 6.07) is 0. The molecule has 0 radical (unpaired) electrons. The fourth-order valence-corrected chi connectivity index (χ4v) is 0. The van der Waals surface area contributed by atoms with Crippen molar-refractivity contribution < 1.29 is 27.2 Å². The quantitative estimate of drug-likeness (QED) is 0.375. The number of amides is 1. The topological polar surface area (TPSA) is 74.6 Å². The average Bonchev–Trinajstić information content (AvgIpc) is 1.88. The minimum Gasteiger partial charge on any atom is -1.00 e. The van der Waals surface area contributed by atoms with Gasteiger partial charge in [-0.3, -0.25) is 4.79 Å². The Morgan fingerprint density at radius 3 is 1.62 bits per heavy atom. The molecule has 0 aromatic heterocycles. The third-order valence-corrected chi connectivity index (χ3v) is 1.15. The van der Waals surface area contributed by atoms with Crippen LogP contribution < -0.4 is 18.1 Å². The van der Waals surface area contributed by atoms with Gasteiger partial charge in [0.2, 0.25) is 5.91 Å². The first-order chi connectivity index (χ1) is 4.83. The number of hydrogen-bond acceptors (Lipinski definition) is 1. The van der Waals surface area contributed by atoms with Crippen LogP contribution in [0, 0.1) is 0 Å². The molecule has 0 saturated heterocycles. The third-order valence-electron chi connectivity index (χ3n) is 1.15. The molecule has 0 aliphatic rings. The standard InChI is InChI=1S/C5H14N.C3H5NO.ClH.H2O/c1-5-6(2,3)4;1-2-3(4)5;;/h5H2,1-4H3;2H,1H2,(H2,4,5);1H;1H2/q+1;;;/p-1. The first-order valence-corrected chi connectivity index (χ1v) is 3.55. The minimum atomic E-state index is -0.481. The molecule has 5 heteroatoms. The normalized spacial score (nSPS) is 8.00. The van der Waals surface area contributed by atoms with Crippen molar-refractivity contribution in [3.8, 4) is 0 Å². The molecule has 4 N–H and O–H groups in total. The molecule has 0 aromatic carbocycles. The van der Waals surface area contributed by atoms with Gasteiger partial charge < -0.3 is 28.1 Å². The number of rotatable bonds is 2. The van der Waals surface area contributed by atoms with Crippen LogP contribution in [0.25, 0.3) is 0 Å². The maximum absolute atomic E-state index is 9.47. The Balaban J connectivity index is -0.0000000546. The van der Waals surface area contributed by atoms with Crippen LogP contribution in [0.3, 0.4) is 0 Å². The molecule has 0 heterocycles. The van der Waals surface area contributed by atoms with E-state index in [1.807, 2.05) is 0 Å². The Kier molecular flexibility index (Phi) is 20.1. The zero-order valence-electron chi connectivity index (χ0n) is 8.80. The first kappa shape index (κ1) is 22.8. The molecule has 1 amide bonds. The Hall–Kier alpha value is -0.580. The van der Waals surface area contributed by atoms with E-state index in [0.717, 1.165) is 10.6 Å². The molecule has 0 bridgehead atoms. The van der Waals surface area contributed by atoms with Gasteiger partial charge in [0.05, 0.1) is 27.7 Å². The van der Waals surface area contributed by atoms with E-state index >= 15 is 0 Å². The SMILES string of the molecule is C=CC(N)=O.CC[N+](C)(C)C.O.[Cl-]. The minimum absolute atomic E-state index is 0. The highest BCUT2D eigenvalue weighted by atomic mass is 35.5. The van der Waals surface area contributed by atoms with E-state index in [1.165, 1.54) is 6.54 Å². The molecule has 0 rings (SSSR count). The van der Waals surface area contributed by atoms with Crippen molar-refractivity contribution in [1.29, 1.82) is 0 Å². The summed E-state index contributed by atoms with van der Waals surface area (Å²) in [7, 11) is 6.54. The third kappa shape index (κ3) is 51.9. The summed E-state index contributed by atoms with van der Waals surface area (Å²) in [4.78, 5) is 9.47. The van der Waals surface area contributed by atoms with E-state index in [2.05, 4.69) is 40.4 Å². The van der Waals surface area contributed by atoms with Gasteiger partial charge in [-0.1, -0.05) is 6.58 Å². The number of quaternary nitrogens is 1. The lowest BCUT2D eigenvalue weighted by atomic mass is 10.6. The summed E-state index contributed by atoms with van der Waals surface area (Å²) < 4.78 is 1.07. The van der Waals surface area contributed by atoms with Gasteiger partial charge in [-0.05, 0) is 13.0 Å². The summed E-state index contributed by atoms with van der Waals surface area (Å²) in [6.45, 7) is 6.47. The van der Waals surface area contributed by atoms with Gasteiger partial charge in [-0.25, -0.2) is 0 Å². The van der Waals surface area contributed by atoms with Crippen molar-refractivity contribution in [3.63, 3.8) is 0 Å². The Morgan fingerprint density at radius 2 is 1.62 bits per heavy atom. The zero-order valence-corrected chi connectivity index (χ0v) is 9.56. The highest BCUT2D eigenvalue weighted by molar-refractivity contribution is 5.84. The predicted octanol–water partition coefficient (Wildman–Crippen LogP) is -3.45. The lowest BCUT2D eigenvalue weighted by molar-refractivity contribution is -0.868. The largest absolute Gasteiger partial charge is 1.00 e. The molecule has 0 aromatic rings. The van der Waals surface area contributed by atoms with Gasteiger partial charge in [0.1, 0.15) is 0 Å². The summed E-state index contributed by atoms with van der Waals surface area (Å²) >= 11 is 0. The van der Waals surface area contributed by atoms with Crippen LogP contribution in [0.2, 0.25) is 0 Å². The van der Waals surface area contributed by atoms with Crippen LogP contribution in [0.15, 0.2) is 12.7 Å². The molecular formula is C8H21ClN2O2. The van der Waals surface area contributed by atoms with E-state index in [-0.39, 0.29) is 17.9 Å². The van der Waals surface area contributed by atoms with Crippen LogP contribution in [0.5, 0.6) is 0 Å². The van der Waals surface area contributed by atoms with Gasteiger partial charge in [-0.15, -0.1) is 0 Å². The monoisotopic (exact) mass is 212 g/mol. The lowest BCUT2D eigenvalue weighted by Gasteiger charge is -2.20. The second-order valence-electron chi connectivity index (χ2n) is 3.21. The summed E-state index contributed by atoms with van der Waals surface area (Å²) in [5.41, 5.74) is 4.53. The van der Waals surface area contributed by atoms with E-state index in [9.17, 15) is 4.79 Å². The molecule has 0 fully saturated rings. The van der Waals surface area contributed by atoms with Crippen molar-refractivity contribution >= 4 is 5.91 Å². The van der Waals surface area contributed by atoms with Crippen molar-refractivity contribution in [2.45, 2.75) is 6.92 Å². The number of carbonyl (C=O) groups is 1. The van der Waals surface area contributed by atoms with Gasteiger partial charge in [0.25, 0.3) is 0 Å². The molecule has 13 heavy (non-hydrogen) atoms.